The summed E-state index contributed by atoms with van der Waals surface area (Å²) in [6.07, 6.45) is 2.56. The minimum absolute atomic E-state index is 0. The van der Waals surface area contributed by atoms with Gasteiger partial charge < -0.3 is 14.9 Å². The van der Waals surface area contributed by atoms with Crippen LogP contribution in [0, 0.1) is 0 Å². The smallest absolute Gasteiger partial charge is 0.587 e. The molecule has 0 atom stereocenters. The quantitative estimate of drug-likeness (QED) is 0.118. The van der Waals surface area contributed by atoms with E-state index in [1.165, 1.54) is 40.3 Å². The summed E-state index contributed by atoms with van der Waals surface area (Å²) in [6, 6.07) is 49.3. The van der Waals surface area contributed by atoms with Gasteiger partial charge >= 0.3 is 18.9 Å². The van der Waals surface area contributed by atoms with Crippen LogP contribution in [0.5, 0.6) is 0 Å². The monoisotopic (exact) mass is 622 g/mol. The second-order valence-corrected chi connectivity index (χ2v) is 14.8. The van der Waals surface area contributed by atoms with Gasteiger partial charge in [0.15, 0.2) is 0 Å². The summed E-state index contributed by atoms with van der Waals surface area (Å²) in [6.45, 7) is 11.1. The maximum absolute atomic E-state index is 5.42. The summed E-state index contributed by atoms with van der Waals surface area (Å²) in [7, 11) is -2.64. The summed E-state index contributed by atoms with van der Waals surface area (Å²) < 4.78 is 11.5. The Labute approximate surface area is 288 Å². The molecular formula is C40H46LiN3OP+. The molecule has 0 unspecified atom stereocenters. The van der Waals surface area contributed by atoms with Crippen molar-refractivity contribution in [3.63, 3.8) is 0 Å². The van der Waals surface area contributed by atoms with E-state index in [1.54, 1.807) is 0 Å². The Balaban J connectivity index is 0.000000731. The van der Waals surface area contributed by atoms with Crippen LogP contribution in [0.2, 0.25) is 0 Å². The average Bonchev–Trinajstić information content (AvgIpc) is 3.69. The second kappa shape index (κ2) is 17.4. The Morgan fingerprint density at radius 2 is 1.02 bits per heavy atom. The molecule has 0 aliphatic carbocycles. The molecule has 6 heteroatoms. The third-order valence-corrected chi connectivity index (χ3v) is 11.5. The van der Waals surface area contributed by atoms with Gasteiger partial charge in [-0.05, 0) is 61.1 Å². The molecule has 0 aromatic heterocycles. The Bertz CT molecular complexity index is 1580. The van der Waals surface area contributed by atoms with Crippen LogP contribution in [0.3, 0.4) is 0 Å². The normalized spacial score (nSPS) is 12.6. The molecule has 0 spiro atoms. The van der Waals surface area contributed by atoms with Crippen molar-refractivity contribution in [1.29, 1.82) is 0 Å². The van der Waals surface area contributed by atoms with Crippen LogP contribution in [0.15, 0.2) is 140 Å². The molecule has 5 aromatic rings. The first-order chi connectivity index (χ1) is 22.0. The van der Waals surface area contributed by atoms with Gasteiger partial charge in [-0.1, -0.05) is 131 Å². The summed E-state index contributed by atoms with van der Waals surface area (Å²) in [5.41, 5.74) is 11.2. The van der Waals surface area contributed by atoms with E-state index >= 15 is 0 Å². The molecule has 1 N–H and O–H groups in total. The molecule has 6 rings (SSSR count). The zero-order valence-electron chi connectivity index (χ0n) is 28.0. The molecule has 5 aromatic carbocycles. The van der Waals surface area contributed by atoms with Crippen LogP contribution in [0.4, 0.5) is 17.1 Å². The standard InChI is InChI=1S/C36H37N3P.C4H8O.Li/c1-28(2)34-26-17-27-35(29(3)4)36(34)38-40(32-22-13-7-14-23-32,33-24-15-8-16-25-33)39(31-20-11-6-12-21-31)37-30-18-9-5-10-19-30;1-2-4-5-3-1;/h5-29H,1-4H3;1-4H2;/q-1;;+1/p+1. The van der Waals surface area contributed by atoms with Crippen molar-refractivity contribution in [3.05, 3.63) is 156 Å². The van der Waals surface area contributed by atoms with Crippen molar-refractivity contribution in [3.8, 4) is 0 Å². The molecule has 232 valence electrons. The van der Waals surface area contributed by atoms with Crippen molar-refractivity contribution in [2.24, 2.45) is 0 Å². The number of nitrogens with one attached hydrogen (secondary N) is 1. The van der Waals surface area contributed by atoms with Gasteiger partial charge in [0.2, 0.25) is 12.9 Å². The van der Waals surface area contributed by atoms with E-state index in [9.17, 15) is 0 Å². The number of benzene rings is 5. The number of hydrogen-bond donors (Lipinski definition) is 1. The molecule has 46 heavy (non-hydrogen) atoms. The predicted molar refractivity (Wildman–Crippen MR) is 193 cm³/mol. The Kier molecular flexibility index (Phi) is 13.4. The summed E-state index contributed by atoms with van der Waals surface area (Å²) in [5, 5.41) is 2.41. The van der Waals surface area contributed by atoms with Crippen molar-refractivity contribution in [2.45, 2.75) is 52.4 Å². The largest absolute Gasteiger partial charge is 1.00 e. The third kappa shape index (κ3) is 8.44. The van der Waals surface area contributed by atoms with E-state index in [0.717, 1.165) is 24.6 Å². The van der Waals surface area contributed by atoms with Crippen LogP contribution in [-0.2, 0) is 4.74 Å². The summed E-state index contributed by atoms with van der Waals surface area (Å²) in [5.74, 6) is 0.705. The van der Waals surface area contributed by atoms with E-state index in [0.29, 0.717) is 11.8 Å². The molecule has 0 amide bonds. The van der Waals surface area contributed by atoms with Crippen LogP contribution in [0.25, 0.3) is 5.43 Å². The van der Waals surface area contributed by atoms with Gasteiger partial charge in [0.1, 0.15) is 0 Å². The van der Waals surface area contributed by atoms with E-state index in [4.69, 9.17) is 10.2 Å². The van der Waals surface area contributed by atoms with Crippen LogP contribution in [0.1, 0.15) is 63.5 Å². The number of ether oxygens (including phenoxy) is 1. The molecule has 1 heterocycles. The number of rotatable bonds is 9. The van der Waals surface area contributed by atoms with Gasteiger partial charge in [-0.2, -0.15) is 0 Å². The first-order valence-corrected chi connectivity index (χ1v) is 17.9. The third-order valence-electron chi connectivity index (χ3n) is 7.97. The molecule has 1 aliphatic heterocycles. The zero-order chi connectivity index (χ0) is 31.5. The predicted octanol–water partition coefficient (Wildman–Crippen LogP) is 6.34. The fourth-order valence-corrected chi connectivity index (χ4v) is 9.24. The molecule has 4 nitrogen and oxygen atoms in total. The van der Waals surface area contributed by atoms with Crippen LogP contribution in [-0.4, -0.2) is 13.2 Å². The SMILES string of the molecule is C1CCOC1.CC(C)c1cccc(C(C)C)c1[NH+]=P(c1ccccc1)(c1ccccc1)N([N-]c1ccccc1)c1ccccc1.[Li+]. The minimum Gasteiger partial charge on any atom is -0.587 e. The van der Waals surface area contributed by atoms with Crippen LogP contribution >= 0.6 is 7.21 Å². The minimum atomic E-state index is -2.64. The van der Waals surface area contributed by atoms with Crippen molar-refractivity contribution in [2.75, 3.05) is 18.0 Å². The average molecular weight is 623 g/mol. The number of nitrogens with zero attached hydrogens (tertiary/aromatic N) is 2. The van der Waals surface area contributed by atoms with E-state index in [2.05, 4.69) is 159 Å². The number of hydrogen-bond acceptors (Lipinski definition) is 1. The molecule has 0 bridgehead atoms. The molecule has 1 fully saturated rings. The molecule has 0 radical (unpaired) electrons. The molecule has 1 aliphatic rings. The zero-order valence-corrected chi connectivity index (χ0v) is 28.9. The maximum Gasteiger partial charge on any atom is 1.00 e. The molecular weight excluding hydrogens is 576 g/mol. The van der Waals surface area contributed by atoms with Gasteiger partial charge in [0, 0.05) is 30.0 Å². The summed E-state index contributed by atoms with van der Waals surface area (Å²) in [4.78, 5) is 0. The van der Waals surface area contributed by atoms with Crippen molar-refractivity contribution >= 4 is 34.9 Å². The van der Waals surface area contributed by atoms with E-state index in [-0.39, 0.29) is 18.9 Å². The Hall–Kier alpha value is -3.51. The second-order valence-electron chi connectivity index (χ2n) is 11.9. The summed E-state index contributed by atoms with van der Waals surface area (Å²) >= 11 is 0. The first kappa shape index (κ1) is 35.3. The van der Waals surface area contributed by atoms with Crippen molar-refractivity contribution in [1.82, 2.24) is 0 Å². The van der Waals surface area contributed by atoms with E-state index < -0.39 is 7.21 Å². The van der Waals surface area contributed by atoms with Crippen molar-refractivity contribution < 1.29 is 28.3 Å². The number of anilines is 1. The van der Waals surface area contributed by atoms with Gasteiger partial charge in [0.25, 0.3) is 0 Å². The maximum atomic E-state index is 5.42. The van der Waals surface area contributed by atoms with Gasteiger partial charge in [-0.25, -0.2) is 4.74 Å². The Morgan fingerprint density at radius 3 is 1.43 bits per heavy atom. The fraction of sp³-hybridized carbons (Fsp3) is 0.250. The fourth-order valence-electron chi connectivity index (χ4n) is 5.65. The van der Waals surface area contributed by atoms with E-state index in [1.807, 2.05) is 18.2 Å². The van der Waals surface area contributed by atoms with Gasteiger partial charge in [-0.3, -0.25) is 0 Å². The van der Waals surface area contributed by atoms with Crippen LogP contribution < -0.4 is 39.0 Å². The molecule has 1 saturated heterocycles. The first-order valence-electron chi connectivity index (χ1n) is 16.1. The van der Waals surface area contributed by atoms with Gasteiger partial charge in [-0.15, -0.1) is 5.69 Å². The van der Waals surface area contributed by atoms with Gasteiger partial charge in [0.05, 0.1) is 10.6 Å². The molecule has 0 saturated carbocycles. The number of para-hydroxylation sites is 2. The Morgan fingerprint density at radius 1 is 0.587 bits per heavy atom. The topological polar surface area (TPSA) is 40.5 Å².